The summed E-state index contributed by atoms with van der Waals surface area (Å²) in [6.45, 7) is 2.59. The summed E-state index contributed by atoms with van der Waals surface area (Å²) in [5.41, 5.74) is 3.20. The van der Waals surface area contributed by atoms with Gasteiger partial charge in [0.05, 0.1) is 18.7 Å². The molecular formula is C21H19N3O2S. The number of nitrogens with zero attached hydrogens (tertiary/aromatic N) is 3. The van der Waals surface area contributed by atoms with E-state index in [1.165, 1.54) is 16.9 Å². The van der Waals surface area contributed by atoms with Gasteiger partial charge in [-0.25, -0.2) is 4.98 Å². The van der Waals surface area contributed by atoms with Gasteiger partial charge >= 0.3 is 0 Å². The molecule has 3 rings (SSSR count). The van der Waals surface area contributed by atoms with Gasteiger partial charge in [-0.05, 0) is 55.3 Å². The van der Waals surface area contributed by atoms with Crippen LogP contribution in [0.25, 0.3) is 0 Å². The van der Waals surface area contributed by atoms with Crippen molar-refractivity contribution < 1.29 is 9.53 Å². The molecule has 0 fully saturated rings. The van der Waals surface area contributed by atoms with E-state index in [0.29, 0.717) is 17.8 Å². The molecule has 0 saturated heterocycles. The minimum Gasteiger partial charge on any atom is -0.497 e. The Morgan fingerprint density at radius 2 is 1.89 bits per heavy atom. The predicted molar refractivity (Wildman–Crippen MR) is 107 cm³/mol. The van der Waals surface area contributed by atoms with Gasteiger partial charge in [-0.3, -0.25) is 4.79 Å². The van der Waals surface area contributed by atoms with Crippen LogP contribution in [0.5, 0.6) is 5.75 Å². The monoisotopic (exact) mass is 377 g/mol. The molecule has 0 aliphatic rings. The summed E-state index contributed by atoms with van der Waals surface area (Å²) in [7, 11) is 1.65. The Hall–Kier alpha value is -3.17. The molecule has 5 nitrogen and oxygen atoms in total. The molecule has 0 bridgehead atoms. The molecule has 0 amide bonds. The van der Waals surface area contributed by atoms with Gasteiger partial charge in [-0.15, -0.1) is 11.3 Å². The fourth-order valence-electron chi connectivity index (χ4n) is 2.70. The van der Waals surface area contributed by atoms with Crippen molar-refractivity contribution in [1.29, 1.82) is 5.26 Å². The van der Waals surface area contributed by atoms with Crippen molar-refractivity contribution in [1.82, 2.24) is 4.98 Å². The maximum absolute atomic E-state index is 11.2. The van der Waals surface area contributed by atoms with Crippen molar-refractivity contribution in [2.75, 3.05) is 18.6 Å². The van der Waals surface area contributed by atoms with Gasteiger partial charge in [0.25, 0.3) is 0 Å². The third kappa shape index (κ3) is 4.33. The number of hydrogen-bond acceptors (Lipinski definition) is 6. The summed E-state index contributed by atoms with van der Waals surface area (Å²) in [5, 5.41) is 9.80. The second-order valence-corrected chi connectivity index (χ2v) is 7.15. The average Bonchev–Trinajstić information content (AvgIpc) is 3.09. The molecule has 136 valence electrons. The normalized spacial score (nSPS) is 10.3. The zero-order chi connectivity index (χ0) is 19.2. The van der Waals surface area contributed by atoms with Gasteiger partial charge in [-0.1, -0.05) is 12.1 Å². The van der Waals surface area contributed by atoms with Crippen molar-refractivity contribution in [2.24, 2.45) is 0 Å². The SMILES string of the molecule is COc1ccc(CCN(c2ccc(C#N)cc2)c2nc(C=O)c(C)s2)cc1. The van der Waals surface area contributed by atoms with Crippen molar-refractivity contribution in [3.8, 4) is 11.8 Å². The van der Waals surface area contributed by atoms with E-state index in [2.05, 4.69) is 16.0 Å². The van der Waals surface area contributed by atoms with Crippen LogP contribution >= 0.6 is 11.3 Å². The lowest BCUT2D eigenvalue weighted by Gasteiger charge is -2.22. The van der Waals surface area contributed by atoms with E-state index in [9.17, 15) is 4.79 Å². The lowest BCUT2D eigenvalue weighted by atomic mass is 10.1. The molecule has 3 aromatic rings. The number of nitriles is 1. The second kappa shape index (κ2) is 8.47. The minimum atomic E-state index is 0.470. The second-order valence-electron chi connectivity index (χ2n) is 5.96. The summed E-state index contributed by atoms with van der Waals surface area (Å²) in [5.74, 6) is 0.828. The van der Waals surface area contributed by atoms with E-state index < -0.39 is 0 Å². The number of anilines is 2. The molecule has 0 atom stereocenters. The average molecular weight is 377 g/mol. The molecule has 0 aliphatic heterocycles. The molecule has 0 radical (unpaired) electrons. The summed E-state index contributed by atoms with van der Waals surface area (Å²) in [4.78, 5) is 18.7. The highest BCUT2D eigenvalue weighted by atomic mass is 32.1. The predicted octanol–water partition coefficient (Wildman–Crippen LogP) is 4.53. The molecule has 1 heterocycles. The molecule has 0 saturated carbocycles. The zero-order valence-corrected chi connectivity index (χ0v) is 16.0. The van der Waals surface area contributed by atoms with E-state index in [0.717, 1.165) is 34.2 Å². The van der Waals surface area contributed by atoms with E-state index >= 15 is 0 Å². The maximum atomic E-state index is 11.2. The number of carbonyl (C=O) groups is 1. The summed E-state index contributed by atoms with van der Waals surface area (Å²) >= 11 is 1.49. The Morgan fingerprint density at radius 1 is 1.19 bits per heavy atom. The number of rotatable bonds is 7. The first-order valence-electron chi connectivity index (χ1n) is 8.48. The molecule has 27 heavy (non-hydrogen) atoms. The largest absolute Gasteiger partial charge is 0.497 e. The molecular weight excluding hydrogens is 358 g/mol. The van der Waals surface area contributed by atoms with E-state index in [1.807, 2.05) is 43.3 Å². The highest BCUT2D eigenvalue weighted by Gasteiger charge is 2.16. The number of aldehydes is 1. The van der Waals surface area contributed by atoms with E-state index in [4.69, 9.17) is 10.00 Å². The van der Waals surface area contributed by atoms with Crippen LogP contribution in [-0.4, -0.2) is 24.9 Å². The van der Waals surface area contributed by atoms with Gasteiger partial charge in [0.15, 0.2) is 11.4 Å². The Morgan fingerprint density at radius 3 is 2.44 bits per heavy atom. The van der Waals surface area contributed by atoms with Crippen LogP contribution in [0, 0.1) is 18.3 Å². The standard InChI is InChI=1S/C21H19N3O2S/c1-15-20(14-25)23-21(27-15)24(18-7-3-17(13-22)4-8-18)12-11-16-5-9-19(26-2)10-6-16/h3-10,14H,11-12H2,1-2H3. The Kier molecular flexibility index (Phi) is 5.84. The van der Waals surface area contributed by atoms with Gasteiger partial charge in [0.1, 0.15) is 11.4 Å². The van der Waals surface area contributed by atoms with Gasteiger partial charge < -0.3 is 9.64 Å². The van der Waals surface area contributed by atoms with Crippen LogP contribution < -0.4 is 9.64 Å². The van der Waals surface area contributed by atoms with Gasteiger partial charge in [-0.2, -0.15) is 5.26 Å². The Balaban J connectivity index is 1.88. The van der Waals surface area contributed by atoms with E-state index in [-0.39, 0.29) is 0 Å². The van der Waals surface area contributed by atoms with Crippen molar-refractivity contribution in [3.05, 3.63) is 70.2 Å². The third-order valence-corrected chi connectivity index (χ3v) is 5.26. The van der Waals surface area contributed by atoms with Crippen molar-refractivity contribution in [2.45, 2.75) is 13.3 Å². The van der Waals surface area contributed by atoms with Crippen LogP contribution in [0.1, 0.15) is 26.5 Å². The molecule has 6 heteroatoms. The molecule has 2 aromatic carbocycles. The van der Waals surface area contributed by atoms with Crippen molar-refractivity contribution in [3.63, 3.8) is 0 Å². The number of carbonyl (C=O) groups excluding carboxylic acids is 1. The Bertz CT molecular complexity index is 957. The third-order valence-electron chi connectivity index (χ3n) is 4.25. The molecule has 0 unspecified atom stereocenters. The quantitative estimate of drug-likeness (QED) is 0.566. The summed E-state index contributed by atoms with van der Waals surface area (Å²) in [6.07, 6.45) is 1.59. The molecule has 0 aliphatic carbocycles. The highest BCUT2D eigenvalue weighted by Crippen LogP contribution is 2.31. The fourth-order valence-corrected chi connectivity index (χ4v) is 3.63. The van der Waals surface area contributed by atoms with Crippen LogP contribution in [0.3, 0.4) is 0 Å². The first kappa shape index (κ1) is 18.6. The molecule has 0 N–H and O–H groups in total. The topological polar surface area (TPSA) is 66.2 Å². The van der Waals surface area contributed by atoms with Crippen LogP contribution in [0.15, 0.2) is 48.5 Å². The summed E-state index contributed by atoms with van der Waals surface area (Å²) in [6, 6.07) is 17.5. The van der Waals surface area contributed by atoms with Crippen LogP contribution in [0.4, 0.5) is 10.8 Å². The minimum absolute atomic E-state index is 0.470. The molecule has 0 spiro atoms. The first-order chi connectivity index (χ1) is 13.1. The number of benzene rings is 2. The Labute approximate surface area is 162 Å². The highest BCUT2D eigenvalue weighted by molar-refractivity contribution is 7.15. The van der Waals surface area contributed by atoms with Crippen molar-refractivity contribution >= 4 is 28.4 Å². The maximum Gasteiger partial charge on any atom is 0.190 e. The lowest BCUT2D eigenvalue weighted by Crippen LogP contribution is -2.20. The number of aromatic nitrogens is 1. The first-order valence-corrected chi connectivity index (χ1v) is 9.29. The summed E-state index contributed by atoms with van der Waals surface area (Å²) < 4.78 is 5.21. The van der Waals surface area contributed by atoms with Crippen LogP contribution in [-0.2, 0) is 6.42 Å². The molecule has 1 aromatic heterocycles. The lowest BCUT2D eigenvalue weighted by molar-refractivity contribution is 0.111. The zero-order valence-electron chi connectivity index (χ0n) is 15.2. The smallest absolute Gasteiger partial charge is 0.190 e. The fraction of sp³-hybridized carbons (Fsp3) is 0.190. The van der Waals surface area contributed by atoms with Crippen LogP contribution in [0.2, 0.25) is 0 Å². The van der Waals surface area contributed by atoms with E-state index in [1.54, 1.807) is 19.2 Å². The number of aryl methyl sites for hydroxylation is 1. The number of thiazole rings is 1. The van der Waals surface area contributed by atoms with Gasteiger partial charge in [0.2, 0.25) is 0 Å². The number of ether oxygens (including phenoxy) is 1. The number of hydrogen-bond donors (Lipinski definition) is 0. The van der Waals surface area contributed by atoms with Gasteiger partial charge in [0, 0.05) is 17.1 Å². The number of methoxy groups -OCH3 is 1.